The fourth-order valence-corrected chi connectivity index (χ4v) is 2.51. The number of morpholine rings is 1. The molecule has 0 saturated carbocycles. The Kier molecular flexibility index (Phi) is 5.14. The van der Waals surface area contributed by atoms with Gasteiger partial charge in [0.1, 0.15) is 0 Å². The molecule has 2 rings (SSSR count). The zero-order valence-corrected chi connectivity index (χ0v) is 11.9. The van der Waals surface area contributed by atoms with E-state index >= 15 is 0 Å². The summed E-state index contributed by atoms with van der Waals surface area (Å²) in [6.45, 7) is 4.69. The molecule has 6 heteroatoms. The van der Waals surface area contributed by atoms with Gasteiger partial charge in [-0.1, -0.05) is 0 Å². The lowest BCUT2D eigenvalue weighted by molar-refractivity contribution is -0.130. The fourth-order valence-electron chi connectivity index (χ4n) is 2.51. The van der Waals surface area contributed by atoms with Crippen LogP contribution in [0.3, 0.4) is 0 Å². The molecule has 0 spiro atoms. The molecule has 1 fully saturated rings. The van der Waals surface area contributed by atoms with Crippen molar-refractivity contribution in [2.75, 3.05) is 13.1 Å². The van der Waals surface area contributed by atoms with Crippen LogP contribution in [-0.2, 0) is 11.2 Å². The van der Waals surface area contributed by atoms with Crippen LogP contribution >= 0.6 is 12.4 Å². The third-order valence-electron chi connectivity index (χ3n) is 3.09. The number of nitrogens with zero attached hydrogens (tertiary/aromatic N) is 2. The largest absolute Gasteiger partial charge is 0.465 e. The number of rotatable bonds is 2. The van der Waals surface area contributed by atoms with Crippen molar-refractivity contribution in [2.45, 2.75) is 32.0 Å². The second-order valence-corrected chi connectivity index (χ2v) is 5.07. The summed E-state index contributed by atoms with van der Waals surface area (Å²) < 4.78 is 5.93. The minimum Gasteiger partial charge on any atom is -0.465 e. The highest BCUT2D eigenvalue weighted by molar-refractivity contribution is 5.85. The maximum absolute atomic E-state index is 11.1. The Morgan fingerprint density at radius 1 is 1.58 bits per heavy atom. The molecule has 19 heavy (non-hydrogen) atoms. The molecule has 1 aromatic rings. The van der Waals surface area contributed by atoms with Gasteiger partial charge in [0.05, 0.1) is 24.8 Å². The first-order valence-electron chi connectivity index (χ1n) is 6.03. The van der Waals surface area contributed by atoms with E-state index in [4.69, 9.17) is 9.84 Å². The van der Waals surface area contributed by atoms with Crippen molar-refractivity contribution in [3.8, 4) is 0 Å². The predicted octanol–water partition coefficient (Wildman–Crippen LogP) is 2.20. The molecule has 0 unspecified atom stereocenters. The maximum atomic E-state index is 11.1. The molecule has 1 aliphatic rings. The first-order valence-corrected chi connectivity index (χ1v) is 6.03. The second-order valence-electron chi connectivity index (χ2n) is 5.07. The van der Waals surface area contributed by atoms with E-state index in [0.717, 1.165) is 5.56 Å². The summed E-state index contributed by atoms with van der Waals surface area (Å²) in [6, 6.07) is 3.86. The molecule has 1 aliphatic heterocycles. The van der Waals surface area contributed by atoms with Gasteiger partial charge < -0.3 is 14.7 Å². The van der Waals surface area contributed by atoms with Gasteiger partial charge in [-0.3, -0.25) is 4.98 Å². The molecule has 0 aromatic carbocycles. The molecular formula is C13H19ClN2O3. The van der Waals surface area contributed by atoms with Gasteiger partial charge in [0.2, 0.25) is 0 Å². The highest BCUT2D eigenvalue weighted by atomic mass is 35.5. The zero-order chi connectivity index (χ0) is 13.2. The summed E-state index contributed by atoms with van der Waals surface area (Å²) >= 11 is 0. The topological polar surface area (TPSA) is 62.7 Å². The predicted molar refractivity (Wildman–Crippen MR) is 73.7 cm³/mol. The van der Waals surface area contributed by atoms with Crippen LogP contribution in [-0.4, -0.2) is 45.9 Å². The lowest BCUT2D eigenvalue weighted by atomic mass is 9.94. The average molecular weight is 287 g/mol. The number of hydrogen-bond acceptors (Lipinski definition) is 3. The van der Waals surface area contributed by atoms with Crippen LogP contribution in [0.2, 0.25) is 0 Å². The van der Waals surface area contributed by atoms with E-state index in [9.17, 15) is 4.79 Å². The molecule has 1 amide bonds. The Hall–Kier alpha value is -1.33. The monoisotopic (exact) mass is 286 g/mol. The van der Waals surface area contributed by atoms with E-state index in [-0.39, 0.29) is 18.5 Å². The standard InChI is InChI=1S/C13H18N2O3.ClH/c1-10-8-15(12(16)17)9-13(2,18-10)7-11-3-5-14-6-4-11;/h3-6,10H,7-9H2,1-2H3,(H,16,17);1H/t10-,13+;/m0./s1. The van der Waals surface area contributed by atoms with Crippen molar-refractivity contribution in [3.05, 3.63) is 30.1 Å². The van der Waals surface area contributed by atoms with Crippen molar-refractivity contribution in [1.29, 1.82) is 0 Å². The number of ether oxygens (including phenoxy) is 1. The normalized spacial score (nSPS) is 26.6. The van der Waals surface area contributed by atoms with E-state index in [1.165, 1.54) is 4.90 Å². The Bertz CT molecular complexity index is 429. The van der Waals surface area contributed by atoms with E-state index in [1.54, 1.807) is 12.4 Å². The van der Waals surface area contributed by atoms with E-state index < -0.39 is 11.7 Å². The van der Waals surface area contributed by atoms with E-state index in [0.29, 0.717) is 19.5 Å². The van der Waals surface area contributed by atoms with Gasteiger partial charge in [0.25, 0.3) is 0 Å². The van der Waals surface area contributed by atoms with Gasteiger partial charge >= 0.3 is 6.09 Å². The van der Waals surface area contributed by atoms with Gasteiger partial charge in [0.15, 0.2) is 0 Å². The van der Waals surface area contributed by atoms with Crippen LogP contribution in [0, 0.1) is 0 Å². The molecule has 0 bridgehead atoms. The molecule has 1 N–H and O–H groups in total. The van der Waals surface area contributed by atoms with Crippen molar-refractivity contribution in [1.82, 2.24) is 9.88 Å². The maximum Gasteiger partial charge on any atom is 0.407 e. The first kappa shape index (κ1) is 15.7. The van der Waals surface area contributed by atoms with Crippen LogP contribution in [0.15, 0.2) is 24.5 Å². The Balaban J connectivity index is 0.00000180. The molecule has 2 atom stereocenters. The van der Waals surface area contributed by atoms with Gasteiger partial charge in [-0.15, -0.1) is 12.4 Å². The van der Waals surface area contributed by atoms with Gasteiger partial charge in [-0.25, -0.2) is 4.79 Å². The highest BCUT2D eigenvalue weighted by Gasteiger charge is 2.37. The average Bonchev–Trinajstić information content (AvgIpc) is 2.28. The van der Waals surface area contributed by atoms with Crippen molar-refractivity contribution >= 4 is 18.5 Å². The lowest BCUT2D eigenvalue weighted by Crippen LogP contribution is -2.55. The van der Waals surface area contributed by atoms with Crippen LogP contribution < -0.4 is 0 Å². The minimum atomic E-state index is -0.883. The Morgan fingerprint density at radius 3 is 2.79 bits per heavy atom. The molecule has 5 nitrogen and oxygen atoms in total. The van der Waals surface area contributed by atoms with E-state index in [1.807, 2.05) is 26.0 Å². The molecule has 106 valence electrons. The first-order chi connectivity index (χ1) is 8.48. The van der Waals surface area contributed by atoms with Crippen LogP contribution in [0.5, 0.6) is 0 Å². The van der Waals surface area contributed by atoms with Crippen molar-refractivity contribution in [3.63, 3.8) is 0 Å². The van der Waals surface area contributed by atoms with Crippen molar-refractivity contribution < 1.29 is 14.6 Å². The van der Waals surface area contributed by atoms with Gasteiger partial charge in [-0.05, 0) is 31.5 Å². The summed E-state index contributed by atoms with van der Waals surface area (Å²) in [6.07, 6.45) is 3.19. The smallest absolute Gasteiger partial charge is 0.407 e. The molecule has 1 aromatic heterocycles. The molecular weight excluding hydrogens is 268 g/mol. The van der Waals surface area contributed by atoms with Crippen LogP contribution in [0.4, 0.5) is 4.79 Å². The lowest BCUT2D eigenvalue weighted by Gasteiger charge is -2.42. The zero-order valence-electron chi connectivity index (χ0n) is 11.1. The molecule has 2 heterocycles. The third-order valence-corrected chi connectivity index (χ3v) is 3.09. The quantitative estimate of drug-likeness (QED) is 0.905. The minimum absolute atomic E-state index is 0. The second kappa shape index (κ2) is 6.21. The summed E-state index contributed by atoms with van der Waals surface area (Å²) in [5.41, 5.74) is 0.629. The van der Waals surface area contributed by atoms with Gasteiger partial charge in [0, 0.05) is 18.8 Å². The molecule has 1 saturated heterocycles. The summed E-state index contributed by atoms with van der Waals surface area (Å²) in [5.74, 6) is 0. The van der Waals surface area contributed by atoms with Crippen molar-refractivity contribution in [2.24, 2.45) is 0 Å². The number of hydrogen-bond donors (Lipinski definition) is 1. The number of halogens is 1. The highest BCUT2D eigenvalue weighted by Crippen LogP contribution is 2.25. The van der Waals surface area contributed by atoms with E-state index in [2.05, 4.69) is 4.98 Å². The SMILES string of the molecule is C[C@H]1CN(C(=O)O)C[C@@](C)(Cc2ccncc2)O1.Cl. The van der Waals surface area contributed by atoms with Crippen LogP contribution in [0.1, 0.15) is 19.4 Å². The summed E-state index contributed by atoms with van der Waals surface area (Å²) in [4.78, 5) is 16.5. The fraction of sp³-hybridized carbons (Fsp3) is 0.538. The number of aromatic nitrogens is 1. The van der Waals surface area contributed by atoms with Gasteiger partial charge in [-0.2, -0.15) is 0 Å². The Labute approximate surface area is 119 Å². The third kappa shape index (κ3) is 4.08. The Morgan fingerprint density at radius 2 is 2.21 bits per heavy atom. The van der Waals surface area contributed by atoms with Crippen LogP contribution in [0.25, 0.3) is 0 Å². The number of carboxylic acid groups (broad SMARTS) is 1. The summed E-state index contributed by atoms with van der Waals surface area (Å²) in [5, 5.41) is 9.11. The number of pyridine rings is 1. The summed E-state index contributed by atoms with van der Waals surface area (Å²) in [7, 11) is 0. The number of amides is 1. The number of carbonyl (C=O) groups is 1. The molecule has 0 radical (unpaired) electrons. The molecule has 0 aliphatic carbocycles.